The molecule has 0 unspecified atom stereocenters. The minimum Gasteiger partial charge on any atom is -0.498 e. The number of unbranched alkanes of at least 4 members (excludes halogenated alkanes) is 5. The highest BCUT2D eigenvalue weighted by atomic mass is 16.6. The molecule has 0 saturated carbocycles. The summed E-state index contributed by atoms with van der Waals surface area (Å²) in [6.07, 6.45) is 9.77. The van der Waals surface area contributed by atoms with Gasteiger partial charge in [0.25, 0.3) is 0 Å². The lowest BCUT2D eigenvalue weighted by Gasteiger charge is -2.07. The Morgan fingerprint density at radius 1 is 0.846 bits per heavy atom. The molecule has 0 atom stereocenters. The lowest BCUT2D eigenvalue weighted by molar-refractivity contribution is -0.142. The molecule has 0 heterocycles. The highest BCUT2D eigenvalue weighted by molar-refractivity contribution is 5.85. The van der Waals surface area contributed by atoms with Gasteiger partial charge in [0.1, 0.15) is 13.2 Å². The van der Waals surface area contributed by atoms with Gasteiger partial charge in [0, 0.05) is 6.08 Å². The summed E-state index contributed by atoms with van der Waals surface area (Å²) in [5, 5.41) is 0. The van der Waals surface area contributed by atoms with Crippen LogP contribution in [0.3, 0.4) is 0 Å². The van der Waals surface area contributed by atoms with E-state index < -0.39 is 5.97 Å². The van der Waals surface area contributed by atoms with Crippen molar-refractivity contribution in [3.63, 3.8) is 0 Å². The van der Waals surface area contributed by atoms with E-state index in [2.05, 4.69) is 31.4 Å². The third-order valence-electron chi connectivity index (χ3n) is 3.01. The molecule has 0 bridgehead atoms. The first-order chi connectivity index (χ1) is 12.5. The first-order valence-electron chi connectivity index (χ1n) is 9.03. The fourth-order valence-electron chi connectivity index (χ4n) is 1.68. The SMILES string of the molecule is C=CC(=O)OCCCCCCCC.C=COCCOC(=C)C(=O)OCC. The van der Waals surface area contributed by atoms with Crippen LogP contribution in [0, 0.1) is 0 Å². The quantitative estimate of drug-likeness (QED) is 0.185. The highest BCUT2D eigenvalue weighted by Gasteiger charge is 2.07. The standard InChI is InChI=1S/C11H20O2.C9H14O4/c1-3-5-6-7-8-9-10-13-11(12)4-2;1-4-11-6-7-13-8(3)9(10)12-5-2/h4H,2-3,5-10H2,1H3;4H,1,3,5-7H2,2H3. The van der Waals surface area contributed by atoms with E-state index in [4.69, 9.17) is 14.2 Å². The molecule has 0 rings (SSSR count). The molecule has 0 aromatic heterocycles. The van der Waals surface area contributed by atoms with E-state index in [0.29, 0.717) is 19.8 Å². The molecule has 0 amide bonds. The monoisotopic (exact) mass is 370 g/mol. The molecule has 0 saturated heterocycles. The summed E-state index contributed by atoms with van der Waals surface area (Å²) in [5.41, 5.74) is 0. The van der Waals surface area contributed by atoms with Crippen LogP contribution in [0.15, 0.2) is 37.8 Å². The predicted molar refractivity (Wildman–Crippen MR) is 102 cm³/mol. The molecule has 0 N–H and O–H groups in total. The maximum absolute atomic E-state index is 10.9. The van der Waals surface area contributed by atoms with Gasteiger partial charge in [-0.25, -0.2) is 9.59 Å². The first kappa shape index (κ1) is 26.0. The number of rotatable bonds is 15. The largest absolute Gasteiger partial charge is 0.498 e. The summed E-state index contributed by atoms with van der Waals surface area (Å²) < 4.78 is 19.2. The van der Waals surface area contributed by atoms with Crippen molar-refractivity contribution in [2.45, 2.75) is 52.4 Å². The lowest BCUT2D eigenvalue weighted by atomic mass is 10.1. The molecule has 150 valence electrons. The van der Waals surface area contributed by atoms with Gasteiger partial charge in [0.15, 0.2) is 5.76 Å². The minimum atomic E-state index is -0.541. The Morgan fingerprint density at radius 3 is 2.08 bits per heavy atom. The summed E-state index contributed by atoms with van der Waals surface area (Å²) in [6.45, 7) is 15.4. The molecule has 0 fully saturated rings. The molecule has 26 heavy (non-hydrogen) atoms. The van der Waals surface area contributed by atoms with Gasteiger partial charge in [0.05, 0.1) is 19.5 Å². The molecule has 0 radical (unpaired) electrons. The highest BCUT2D eigenvalue weighted by Crippen LogP contribution is 2.04. The van der Waals surface area contributed by atoms with E-state index in [0.717, 1.165) is 12.8 Å². The summed E-state index contributed by atoms with van der Waals surface area (Å²) in [4.78, 5) is 21.5. The lowest BCUT2D eigenvalue weighted by Crippen LogP contribution is -2.11. The summed E-state index contributed by atoms with van der Waals surface area (Å²) in [5.74, 6) is -0.857. The Balaban J connectivity index is 0. The molecule has 0 aromatic rings. The van der Waals surface area contributed by atoms with Gasteiger partial charge in [-0.15, -0.1) is 0 Å². The second-order valence-electron chi connectivity index (χ2n) is 5.17. The normalized spacial score (nSPS) is 9.15. The van der Waals surface area contributed by atoms with Gasteiger partial charge < -0.3 is 18.9 Å². The van der Waals surface area contributed by atoms with Gasteiger partial charge in [-0.3, -0.25) is 0 Å². The molecule has 0 spiro atoms. The van der Waals surface area contributed by atoms with Crippen LogP contribution < -0.4 is 0 Å². The van der Waals surface area contributed by atoms with Crippen molar-refractivity contribution in [2.75, 3.05) is 26.4 Å². The van der Waals surface area contributed by atoms with Crippen LogP contribution in [-0.4, -0.2) is 38.4 Å². The van der Waals surface area contributed by atoms with Crippen LogP contribution in [0.1, 0.15) is 52.4 Å². The number of hydrogen-bond donors (Lipinski definition) is 0. The van der Waals surface area contributed by atoms with E-state index in [9.17, 15) is 9.59 Å². The molecule has 0 aliphatic rings. The zero-order chi connectivity index (χ0) is 20.0. The van der Waals surface area contributed by atoms with Crippen molar-refractivity contribution in [3.05, 3.63) is 37.8 Å². The number of ether oxygens (including phenoxy) is 4. The van der Waals surface area contributed by atoms with Gasteiger partial charge in [-0.1, -0.05) is 52.2 Å². The molecular weight excluding hydrogens is 336 g/mol. The average Bonchev–Trinajstić information content (AvgIpc) is 2.64. The molecular formula is C20H34O6. The fraction of sp³-hybridized carbons (Fsp3) is 0.600. The second-order valence-corrected chi connectivity index (χ2v) is 5.17. The summed E-state index contributed by atoms with van der Waals surface area (Å²) in [7, 11) is 0. The van der Waals surface area contributed by atoms with E-state index in [1.165, 1.54) is 38.0 Å². The Hall–Kier alpha value is -2.24. The number of carbonyl (C=O) groups is 2. The van der Waals surface area contributed by atoms with Crippen molar-refractivity contribution >= 4 is 11.9 Å². The minimum absolute atomic E-state index is 0.00508. The number of hydrogen-bond acceptors (Lipinski definition) is 6. The van der Waals surface area contributed by atoms with E-state index in [-0.39, 0.29) is 18.3 Å². The second kappa shape index (κ2) is 20.8. The van der Waals surface area contributed by atoms with E-state index >= 15 is 0 Å². The Bertz CT molecular complexity index is 403. The number of esters is 2. The molecule has 0 aliphatic carbocycles. The van der Waals surface area contributed by atoms with Gasteiger partial charge in [-0.2, -0.15) is 0 Å². The summed E-state index contributed by atoms with van der Waals surface area (Å²) >= 11 is 0. The van der Waals surface area contributed by atoms with Crippen molar-refractivity contribution in [2.24, 2.45) is 0 Å². The zero-order valence-electron chi connectivity index (χ0n) is 16.3. The van der Waals surface area contributed by atoms with Crippen molar-refractivity contribution < 1.29 is 28.5 Å². The van der Waals surface area contributed by atoms with Crippen LogP contribution in [-0.2, 0) is 28.5 Å². The van der Waals surface area contributed by atoms with Gasteiger partial charge in [-0.05, 0) is 19.9 Å². The zero-order valence-corrected chi connectivity index (χ0v) is 16.3. The maximum atomic E-state index is 10.9. The Kier molecular flexibility index (Phi) is 20.8. The van der Waals surface area contributed by atoms with E-state index in [1.807, 2.05) is 0 Å². The molecule has 0 aliphatic heterocycles. The summed E-state index contributed by atoms with van der Waals surface area (Å²) in [6, 6.07) is 0. The van der Waals surface area contributed by atoms with Crippen molar-refractivity contribution in [1.29, 1.82) is 0 Å². The third-order valence-corrected chi connectivity index (χ3v) is 3.01. The van der Waals surface area contributed by atoms with Crippen molar-refractivity contribution in [3.8, 4) is 0 Å². The smallest absolute Gasteiger partial charge is 0.372 e. The van der Waals surface area contributed by atoms with E-state index in [1.54, 1.807) is 6.92 Å². The Morgan fingerprint density at radius 2 is 1.50 bits per heavy atom. The molecule has 6 heteroatoms. The Labute approximate surface area is 157 Å². The molecule has 0 aromatic carbocycles. The van der Waals surface area contributed by atoms with Crippen LogP contribution in [0.2, 0.25) is 0 Å². The third kappa shape index (κ3) is 19.8. The maximum Gasteiger partial charge on any atom is 0.372 e. The van der Waals surface area contributed by atoms with Crippen LogP contribution in [0.4, 0.5) is 0 Å². The van der Waals surface area contributed by atoms with Gasteiger partial charge in [0.2, 0.25) is 0 Å². The van der Waals surface area contributed by atoms with Crippen LogP contribution >= 0.6 is 0 Å². The predicted octanol–water partition coefficient (Wildman–Crippen LogP) is 4.32. The van der Waals surface area contributed by atoms with Crippen LogP contribution in [0.5, 0.6) is 0 Å². The number of carbonyl (C=O) groups excluding carboxylic acids is 2. The topological polar surface area (TPSA) is 71.1 Å². The molecule has 6 nitrogen and oxygen atoms in total. The van der Waals surface area contributed by atoms with Crippen LogP contribution in [0.25, 0.3) is 0 Å². The average molecular weight is 370 g/mol. The van der Waals surface area contributed by atoms with Crippen molar-refractivity contribution in [1.82, 2.24) is 0 Å². The van der Waals surface area contributed by atoms with Gasteiger partial charge >= 0.3 is 11.9 Å². The fourth-order valence-corrected chi connectivity index (χ4v) is 1.68. The first-order valence-corrected chi connectivity index (χ1v) is 9.03.